The van der Waals surface area contributed by atoms with Gasteiger partial charge in [-0.25, -0.2) is 14.4 Å². The molecule has 1 atom stereocenters. The summed E-state index contributed by atoms with van der Waals surface area (Å²) in [5.74, 6) is 0.129. The van der Waals surface area contributed by atoms with Crippen molar-refractivity contribution in [1.29, 1.82) is 0 Å². The minimum Gasteiger partial charge on any atom is -0.490 e. The molecule has 144 valence electrons. The molecule has 1 saturated heterocycles. The number of nitrogens with two attached hydrogens (primary N) is 1. The summed E-state index contributed by atoms with van der Waals surface area (Å²) in [4.78, 5) is 23.0. The number of hydrogen-bond acceptors (Lipinski definition) is 5. The molecule has 2 heterocycles. The van der Waals surface area contributed by atoms with Crippen molar-refractivity contribution in [1.82, 2.24) is 14.9 Å². The van der Waals surface area contributed by atoms with Gasteiger partial charge in [0.1, 0.15) is 5.69 Å². The molecule has 1 fully saturated rings. The van der Waals surface area contributed by atoms with Crippen LogP contribution in [0.4, 0.5) is 10.3 Å². The highest BCUT2D eigenvalue weighted by Crippen LogP contribution is 2.22. The van der Waals surface area contributed by atoms with Gasteiger partial charge >= 0.3 is 0 Å². The van der Waals surface area contributed by atoms with Crippen LogP contribution in [-0.2, 0) is 0 Å². The number of halogens is 1. The van der Waals surface area contributed by atoms with Gasteiger partial charge in [0.25, 0.3) is 5.91 Å². The van der Waals surface area contributed by atoms with Crippen LogP contribution < -0.4 is 10.5 Å². The Morgan fingerprint density at radius 2 is 2.15 bits per heavy atom. The third kappa shape index (κ3) is 4.72. The van der Waals surface area contributed by atoms with Crippen molar-refractivity contribution in [3.8, 4) is 5.75 Å². The molecular weight excluding hydrogens is 347 g/mol. The quantitative estimate of drug-likeness (QED) is 0.871. The zero-order valence-electron chi connectivity index (χ0n) is 15.7. The first-order chi connectivity index (χ1) is 12.9. The molecular formula is C20H25FN4O2. The van der Waals surface area contributed by atoms with Gasteiger partial charge in [0.15, 0.2) is 11.6 Å². The molecule has 0 spiro atoms. The van der Waals surface area contributed by atoms with Crippen LogP contribution in [0.15, 0.2) is 30.3 Å². The minimum absolute atomic E-state index is 0.112. The Morgan fingerprint density at radius 3 is 2.89 bits per heavy atom. The Morgan fingerprint density at radius 1 is 1.37 bits per heavy atom. The van der Waals surface area contributed by atoms with Crippen molar-refractivity contribution in [2.24, 2.45) is 5.92 Å². The number of likely N-dealkylation sites (tertiary alicyclic amines) is 1. The Bertz CT molecular complexity index is 812. The monoisotopic (exact) mass is 372 g/mol. The molecule has 0 radical (unpaired) electrons. The molecule has 2 N–H and O–H groups in total. The number of hydrogen-bond donors (Lipinski definition) is 1. The highest BCUT2D eigenvalue weighted by atomic mass is 19.1. The van der Waals surface area contributed by atoms with Crippen LogP contribution in [-0.4, -0.2) is 40.5 Å². The SMILES string of the molecule is CC(C)c1cc(C(=O)N2CCC[C@H](COc3ccccc3F)C2)nc(N)n1. The zero-order chi connectivity index (χ0) is 19.4. The van der Waals surface area contributed by atoms with E-state index < -0.39 is 0 Å². The fourth-order valence-corrected chi connectivity index (χ4v) is 3.21. The predicted molar refractivity (Wildman–Crippen MR) is 101 cm³/mol. The van der Waals surface area contributed by atoms with Gasteiger partial charge in [-0.1, -0.05) is 26.0 Å². The first kappa shape index (κ1) is 19.1. The smallest absolute Gasteiger partial charge is 0.272 e. The van der Waals surface area contributed by atoms with E-state index in [0.29, 0.717) is 25.4 Å². The summed E-state index contributed by atoms with van der Waals surface area (Å²) in [5.41, 5.74) is 6.84. The van der Waals surface area contributed by atoms with Crippen molar-refractivity contribution >= 4 is 11.9 Å². The van der Waals surface area contributed by atoms with Crippen molar-refractivity contribution < 1.29 is 13.9 Å². The highest BCUT2D eigenvalue weighted by molar-refractivity contribution is 5.92. The second kappa shape index (κ2) is 8.33. The third-order valence-corrected chi connectivity index (χ3v) is 4.69. The fourth-order valence-electron chi connectivity index (χ4n) is 3.21. The standard InChI is InChI=1S/C20H25FN4O2/c1-13(2)16-10-17(24-20(22)23-16)19(26)25-9-5-6-14(11-25)12-27-18-8-4-3-7-15(18)21/h3-4,7-8,10,13-14H,5-6,9,11-12H2,1-2H3,(H2,22,23,24)/t14-/m0/s1. The average molecular weight is 372 g/mol. The molecule has 1 amide bonds. The second-order valence-corrected chi connectivity index (χ2v) is 7.19. The number of carbonyl (C=O) groups excluding carboxylic acids is 1. The van der Waals surface area contributed by atoms with E-state index in [1.54, 1.807) is 29.2 Å². The number of nitrogen functional groups attached to an aromatic ring is 1. The van der Waals surface area contributed by atoms with Crippen molar-refractivity contribution in [3.05, 3.63) is 47.5 Å². The fraction of sp³-hybridized carbons (Fsp3) is 0.450. The molecule has 0 bridgehead atoms. The zero-order valence-corrected chi connectivity index (χ0v) is 15.7. The number of para-hydroxylation sites is 1. The van der Waals surface area contributed by atoms with Crippen molar-refractivity contribution in [3.63, 3.8) is 0 Å². The first-order valence-corrected chi connectivity index (χ1v) is 9.25. The van der Waals surface area contributed by atoms with Crippen LogP contribution in [0.5, 0.6) is 5.75 Å². The van der Waals surface area contributed by atoms with E-state index in [1.807, 2.05) is 13.8 Å². The molecule has 1 aromatic carbocycles. The average Bonchev–Trinajstić information content (AvgIpc) is 2.66. The van der Waals surface area contributed by atoms with Crippen LogP contribution >= 0.6 is 0 Å². The number of carbonyl (C=O) groups is 1. The lowest BCUT2D eigenvalue weighted by Gasteiger charge is -2.32. The van der Waals surface area contributed by atoms with Crippen LogP contribution in [0.3, 0.4) is 0 Å². The van der Waals surface area contributed by atoms with Crippen LogP contribution in [0.1, 0.15) is 48.8 Å². The van der Waals surface area contributed by atoms with Gasteiger partial charge in [-0.3, -0.25) is 4.79 Å². The number of aromatic nitrogens is 2. The molecule has 1 aliphatic heterocycles. The Hall–Kier alpha value is -2.70. The molecule has 1 aliphatic rings. The Balaban J connectivity index is 1.65. The van der Waals surface area contributed by atoms with Gasteiger partial charge in [-0.2, -0.15) is 0 Å². The van der Waals surface area contributed by atoms with Gasteiger partial charge < -0.3 is 15.4 Å². The Kier molecular flexibility index (Phi) is 5.88. The van der Waals surface area contributed by atoms with E-state index in [1.165, 1.54) is 6.07 Å². The van der Waals surface area contributed by atoms with E-state index in [4.69, 9.17) is 10.5 Å². The molecule has 3 rings (SSSR count). The maximum Gasteiger partial charge on any atom is 0.272 e. The summed E-state index contributed by atoms with van der Waals surface area (Å²) in [5, 5.41) is 0. The molecule has 6 nitrogen and oxygen atoms in total. The van der Waals surface area contributed by atoms with Gasteiger partial charge in [0.05, 0.1) is 6.61 Å². The predicted octanol–water partition coefficient (Wildman–Crippen LogP) is 3.25. The topological polar surface area (TPSA) is 81.3 Å². The lowest BCUT2D eigenvalue weighted by molar-refractivity contribution is 0.0625. The number of benzene rings is 1. The molecule has 1 aromatic heterocycles. The van der Waals surface area contributed by atoms with Crippen molar-refractivity contribution in [2.45, 2.75) is 32.6 Å². The number of nitrogens with zero attached hydrogens (tertiary/aromatic N) is 3. The number of ether oxygens (including phenoxy) is 1. The van der Waals surface area contributed by atoms with E-state index in [0.717, 1.165) is 18.5 Å². The van der Waals surface area contributed by atoms with E-state index in [-0.39, 0.29) is 35.3 Å². The number of rotatable bonds is 5. The summed E-state index contributed by atoms with van der Waals surface area (Å²) in [6.45, 7) is 5.57. The summed E-state index contributed by atoms with van der Waals surface area (Å²) in [7, 11) is 0. The largest absolute Gasteiger partial charge is 0.490 e. The van der Waals surface area contributed by atoms with E-state index in [2.05, 4.69) is 9.97 Å². The van der Waals surface area contributed by atoms with Crippen molar-refractivity contribution in [2.75, 3.05) is 25.4 Å². The van der Waals surface area contributed by atoms with Gasteiger partial charge in [-0.15, -0.1) is 0 Å². The van der Waals surface area contributed by atoms with E-state index >= 15 is 0 Å². The van der Waals surface area contributed by atoms with Crippen LogP contribution in [0.25, 0.3) is 0 Å². The van der Waals surface area contributed by atoms with E-state index in [9.17, 15) is 9.18 Å². The summed E-state index contributed by atoms with van der Waals surface area (Å²) in [6.07, 6.45) is 1.80. The third-order valence-electron chi connectivity index (χ3n) is 4.69. The summed E-state index contributed by atoms with van der Waals surface area (Å²) >= 11 is 0. The number of amides is 1. The maximum atomic E-state index is 13.7. The first-order valence-electron chi connectivity index (χ1n) is 9.25. The lowest BCUT2D eigenvalue weighted by Crippen LogP contribution is -2.42. The van der Waals surface area contributed by atoms with Gasteiger partial charge in [0.2, 0.25) is 5.95 Å². The Labute approximate surface area is 158 Å². The second-order valence-electron chi connectivity index (χ2n) is 7.19. The molecule has 7 heteroatoms. The number of anilines is 1. The molecule has 27 heavy (non-hydrogen) atoms. The van der Waals surface area contributed by atoms with Crippen LogP contribution in [0.2, 0.25) is 0 Å². The lowest BCUT2D eigenvalue weighted by atomic mass is 9.98. The van der Waals surface area contributed by atoms with Gasteiger partial charge in [0, 0.05) is 24.7 Å². The summed E-state index contributed by atoms with van der Waals surface area (Å²) in [6, 6.07) is 8.06. The maximum absolute atomic E-state index is 13.7. The molecule has 0 unspecified atom stereocenters. The van der Waals surface area contributed by atoms with Gasteiger partial charge in [-0.05, 0) is 37.0 Å². The highest BCUT2D eigenvalue weighted by Gasteiger charge is 2.26. The molecule has 2 aromatic rings. The molecule has 0 aliphatic carbocycles. The number of piperidine rings is 1. The molecule has 0 saturated carbocycles. The van der Waals surface area contributed by atoms with Crippen LogP contribution in [0, 0.1) is 11.7 Å². The minimum atomic E-state index is -0.376. The normalized spacial score (nSPS) is 17.2. The summed E-state index contributed by atoms with van der Waals surface area (Å²) < 4.78 is 19.3.